The fraction of sp³-hybridized carbons (Fsp3) is 0.0870. The number of ether oxygens (including phenoxy) is 1. The predicted octanol–water partition coefficient (Wildman–Crippen LogP) is 5.60. The molecule has 0 radical (unpaired) electrons. The van der Waals surface area contributed by atoms with Crippen LogP contribution in [-0.2, 0) is 10.1 Å². The molecule has 0 spiro atoms. The Morgan fingerprint density at radius 2 is 1.70 bits per heavy atom. The summed E-state index contributed by atoms with van der Waals surface area (Å²) in [6, 6.07) is 20.5. The van der Waals surface area contributed by atoms with E-state index >= 15 is 0 Å². The number of rotatable bonds is 6. The van der Waals surface area contributed by atoms with Crippen molar-refractivity contribution in [3.8, 4) is 17.6 Å². The standard InChI is InChI=1S/C23H18BrNO4S/c1-16-3-10-22(11-4-16)30(26,27)29-23-12-7-20(24)14-18(23)13-19(15-25)17-5-8-21(28-2)9-6-17/h3-14H,1-2H3/b19-13+. The molecule has 0 aromatic heterocycles. The molecule has 0 heterocycles. The summed E-state index contributed by atoms with van der Waals surface area (Å²) in [5.41, 5.74) is 2.42. The van der Waals surface area contributed by atoms with E-state index in [9.17, 15) is 13.7 Å². The van der Waals surface area contributed by atoms with E-state index in [0.29, 0.717) is 22.4 Å². The van der Waals surface area contributed by atoms with E-state index in [0.717, 1.165) is 10.0 Å². The highest BCUT2D eigenvalue weighted by Crippen LogP contribution is 2.30. The molecular formula is C23H18BrNO4S. The van der Waals surface area contributed by atoms with Gasteiger partial charge in [0.2, 0.25) is 0 Å². The third-order valence-electron chi connectivity index (χ3n) is 4.30. The van der Waals surface area contributed by atoms with Crippen LogP contribution >= 0.6 is 15.9 Å². The highest BCUT2D eigenvalue weighted by Gasteiger charge is 2.18. The largest absolute Gasteiger partial charge is 0.497 e. The van der Waals surface area contributed by atoms with Crippen molar-refractivity contribution < 1.29 is 17.3 Å². The van der Waals surface area contributed by atoms with E-state index in [2.05, 4.69) is 22.0 Å². The maximum Gasteiger partial charge on any atom is 0.339 e. The quantitative estimate of drug-likeness (QED) is 0.259. The number of aryl methyl sites for hydroxylation is 1. The lowest BCUT2D eigenvalue weighted by atomic mass is 10.0. The van der Waals surface area contributed by atoms with Gasteiger partial charge in [-0.2, -0.15) is 13.7 Å². The zero-order valence-corrected chi connectivity index (χ0v) is 18.7. The molecule has 3 rings (SSSR count). The number of nitrogens with zero attached hydrogens (tertiary/aromatic N) is 1. The van der Waals surface area contributed by atoms with Gasteiger partial charge >= 0.3 is 10.1 Å². The number of benzene rings is 3. The van der Waals surface area contributed by atoms with Crippen molar-refractivity contribution in [2.75, 3.05) is 7.11 Å². The molecule has 3 aromatic carbocycles. The second kappa shape index (κ2) is 9.16. The smallest absolute Gasteiger partial charge is 0.339 e. The van der Waals surface area contributed by atoms with Crippen LogP contribution in [0.5, 0.6) is 11.5 Å². The number of halogens is 1. The molecule has 0 aliphatic carbocycles. The molecule has 152 valence electrons. The van der Waals surface area contributed by atoms with Crippen LogP contribution in [0.3, 0.4) is 0 Å². The summed E-state index contributed by atoms with van der Waals surface area (Å²) in [5, 5.41) is 9.64. The number of allylic oxidation sites excluding steroid dienone is 1. The van der Waals surface area contributed by atoms with Crippen LogP contribution in [0.25, 0.3) is 11.6 Å². The summed E-state index contributed by atoms with van der Waals surface area (Å²) < 4.78 is 36.7. The van der Waals surface area contributed by atoms with Crippen molar-refractivity contribution in [1.29, 1.82) is 5.26 Å². The molecular weight excluding hydrogens is 466 g/mol. The van der Waals surface area contributed by atoms with Gasteiger partial charge in [-0.1, -0.05) is 33.6 Å². The first-order valence-electron chi connectivity index (χ1n) is 8.89. The monoisotopic (exact) mass is 483 g/mol. The second-order valence-corrected chi connectivity index (χ2v) is 8.89. The van der Waals surface area contributed by atoms with Crippen molar-refractivity contribution in [2.24, 2.45) is 0 Å². The molecule has 3 aromatic rings. The van der Waals surface area contributed by atoms with E-state index in [1.54, 1.807) is 67.8 Å². The highest BCUT2D eigenvalue weighted by molar-refractivity contribution is 9.10. The molecule has 5 nitrogen and oxygen atoms in total. The molecule has 0 aliphatic rings. The topological polar surface area (TPSA) is 76.4 Å². The summed E-state index contributed by atoms with van der Waals surface area (Å²) in [4.78, 5) is 0.0570. The number of methoxy groups -OCH3 is 1. The Morgan fingerprint density at radius 1 is 1.03 bits per heavy atom. The molecule has 0 amide bonds. The van der Waals surface area contributed by atoms with Crippen molar-refractivity contribution in [2.45, 2.75) is 11.8 Å². The van der Waals surface area contributed by atoms with Crippen molar-refractivity contribution >= 4 is 37.7 Å². The first-order chi connectivity index (χ1) is 14.3. The van der Waals surface area contributed by atoms with Gasteiger partial charge in [0.1, 0.15) is 16.4 Å². The average molecular weight is 484 g/mol. The molecule has 0 unspecified atom stereocenters. The zero-order valence-electron chi connectivity index (χ0n) is 16.3. The lowest BCUT2D eigenvalue weighted by Gasteiger charge is -2.11. The minimum Gasteiger partial charge on any atom is -0.497 e. The number of nitriles is 1. The molecule has 0 saturated heterocycles. The Bertz CT molecular complexity index is 1230. The Kier molecular flexibility index (Phi) is 6.60. The number of hydrogen-bond donors (Lipinski definition) is 0. The fourth-order valence-corrected chi connectivity index (χ4v) is 4.02. The predicted molar refractivity (Wildman–Crippen MR) is 120 cm³/mol. The van der Waals surface area contributed by atoms with Gasteiger partial charge in [-0.05, 0) is 73.2 Å². The molecule has 7 heteroatoms. The fourth-order valence-electron chi connectivity index (χ4n) is 2.69. The molecule has 0 fully saturated rings. The Morgan fingerprint density at radius 3 is 2.30 bits per heavy atom. The van der Waals surface area contributed by atoms with Crippen molar-refractivity contribution in [1.82, 2.24) is 0 Å². The third kappa shape index (κ3) is 5.09. The first kappa shape index (κ1) is 21.6. The summed E-state index contributed by atoms with van der Waals surface area (Å²) >= 11 is 3.38. The van der Waals surface area contributed by atoms with Gasteiger partial charge in [0.25, 0.3) is 0 Å². The van der Waals surface area contributed by atoms with E-state index in [1.807, 2.05) is 6.92 Å². The maximum atomic E-state index is 12.7. The van der Waals surface area contributed by atoms with Crippen molar-refractivity contribution in [3.05, 3.63) is 87.9 Å². The third-order valence-corrected chi connectivity index (χ3v) is 6.04. The molecule has 0 aliphatic heterocycles. The summed E-state index contributed by atoms with van der Waals surface area (Å²) in [5.74, 6) is 0.798. The normalized spacial score (nSPS) is 11.6. The van der Waals surface area contributed by atoms with Gasteiger partial charge in [0.15, 0.2) is 0 Å². The van der Waals surface area contributed by atoms with E-state index < -0.39 is 10.1 Å². The summed E-state index contributed by atoms with van der Waals surface area (Å²) in [7, 11) is -2.46. The highest BCUT2D eigenvalue weighted by atomic mass is 79.9. The van der Waals surface area contributed by atoms with Gasteiger partial charge < -0.3 is 8.92 Å². The van der Waals surface area contributed by atoms with Crippen LogP contribution in [0.15, 0.2) is 76.1 Å². The Balaban J connectivity index is 2.01. The molecule has 0 atom stereocenters. The van der Waals surface area contributed by atoms with Crippen LogP contribution in [0.4, 0.5) is 0 Å². The minimum absolute atomic E-state index is 0.0570. The summed E-state index contributed by atoms with van der Waals surface area (Å²) in [6.07, 6.45) is 1.59. The van der Waals surface area contributed by atoms with E-state index in [4.69, 9.17) is 8.92 Å². The van der Waals surface area contributed by atoms with Gasteiger partial charge in [-0.15, -0.1) is 0 Å². The van der Waals surface area contributed by atoms with E-state index in [-0.39, 0.29) is 10.6 Å². The average Bonchev–Trinajstić information content (AvgIpc) is 2.74. The van der Waals surface area contributed by atoms with Crippen LogP contribution in [0.2, 0.25) is 0 Å². The lowest BCUT2D eigenvalue weighted by Crippen LogP contribution is -2.10. The Labute approximate surface area is 184 Å². The molecule has 0 bridgehead atoms. The van der Waals surface area contributed by atoms with Gasteiger partial charge in [0, 0.05) is 10.0 Å². The van der Waals surface area contributed by atoms with Crippen LogP contribution in [-0.4, -0.2) is 15.5 Å². The van der Waals surface area contributed by atoms with Crippen LogP contribution in [0, 0.1) is 18.3 Å². The van der Waals surface area contributed by atoms with Crippen LogP contribution in [0.1, 0.15) is 16.7 Å². The van der Waals surface area contributed by atoms with Gasteiger partial charge in [-0.25, -0.2) is 0 Å². The minimum atomic E-state index is -4.03. The van der Waals surface area contributed by atoms with Gasteiger partial charge in [-0.3, -0.25) is 0 Å². The molecule has 30 heavy (non-hydrogen) atoms. The first-order valence-corrected chi connectivity index (χ1v) is 11.1. The Hall–Kier alpha value is -3.08. The maximum absolute atomic E-state index is 12.7. The van der Waals surface area contributed by atoms with Crippen molar-refractivity contribution in [3.63, 3.8) is 0 Å². The SMILES string of the molecule is COc1ccc(/C(C#N)=C/c2cc(Br)ccc2OS(=O)(=O)c2ccc(C)cc2)cc1. The second-order valence-electron chi connectivity index (χ2n) is 6.43. The number of hydrogen-bond acceptors (Lipinski definition) is 5. The van der Waals surface area contributed by atoms with E-state index in [1.165, 1.54) is 12.1 Å². The lowest BCUT2D eigenvalue weighted by molar-refractivity contribution is 0.415. The van der Waals surface area contributed by atoms with Crippen LogP contribution < -0.4 is 8.92 Å². The van der Waals surface area contributed by atoms with Gasteiger partial charge in [0.05, 0.1) is 18.8 Å². The molecule has 0 N–H and O–H groups in total. The zero-order chi connectivity index (χ0) is 21.7. The summed E-state index contributed by atoms with van der Waals surface area (Å²) in [6.45, 7) is 1.87. The molecule has 0 saturated carbocycles.